The summed E-state index contributed by atoms with van der Waals surface area (Å²) in [4.78, 5) is 23.8. The van der Waals surface area contributed by atoms with Crippen molar-refractivity contribution in [2.45, 2.75) is 19.9 Å². The number of pyridine rings is 3. The smallest absolute Gasteiger partial charge is 0.161 e. The van der Waals surface area contributed by atoms with Gasteiger partial charge >= 0.3 is 0 Å². The molecule has 0 aliphatic rings. The van der Waals surface area contributed by atoms with E-state index in [1.165, 1.54) is 12.1 Å². The topological polar surface area (TPSA) is 121 Å². The van der Waals surface area contributed by atoms with E-state index in [0.717, 1.165) is 29.0 Å². The first-order valence-electron chi connectivity index (χ1n) is 13.3. The number of likely N-dealkylation sites (N-methyl/N-ethyl adjacent to an activating group) is 1. The first kappa shape index (κ1) is 26.3. The van der Waals surface area contributed by atoms with Crippen molar-refractivity contribution in [3.63, 3.8) is 0 Å². The number of imidazole rings is 1. The lowest BCUT2D eigenvalue weighted by Gasteiger charge is -2.12. The van der Waals surface area contributed by atoms with Crippen LogP contribution in [-0.2, 0) is 0 Å². The highest BCUT2D eigenvalue weighted by atomic mass is 19.1. The molecule has 10 nitrogen and oxygen atoms in total. The van der Waals surface area contributed by atoms with Gasteiger partial charge in [-0.25, -0.2) is 14.4 Å². The molecule has 0 aliphatic heterocycles. The molecule has 0 atom stereocenters. The summed E-state index contributed by atoms with van der Waals surface area (Å²) in [6.07, 6.45) is 6.95. The monoisotopic (exact) mass is 551 g/mol. The van der Waals surface area contributed by atoms with Crippen LogP contribution in [0.2, 0.25) is 0 Å². The number of ether oxygens (including phenoxy) is 1. The number of halogens is 1. The Bertz CT molecular complexity index is 1840. The summed E-state index contributed by atoms with van der Waals surface area (Å²) in [6.45, 7) is 5.32. The fraction of sp³-hybridized carbons (Fsp3) is 0.233. The Morgan fingerprint density at radius 3 is 2.61 bits per heavy atom. The lowest BCUT2D eigenvalue weighted by atomic mass is 10.1. The number of benzene rings is 1. The average molecular weight is 552 g/mol. The number of aromatic amines is 2. The van der Waals surface area contributed by atoms with Crippen LogP contribution in [0.3, 0.4) is 0 Å². The van der Waals surface area contributed by atoms with Crippen LogP contribution in [-0.4, -0.2) is 73.3 Å². The second kappa shape index (κ2) is 10.9. The van der Waals surface area contributed by atoms with E-state index in [0.29, 0.717) is 51.6 Å². The van der Waals surface area contributed by atoms with E-state index in [9.17, 15) is 4.39 Å². The van der Waals surface area contributed by atoms with E-state index < -0.39 is 5.82 Å². The molecule has 6 rings (SSSR count). The van der Waals surface area contributed by atoms with E-state index in [2.05, 4.69) is 44.3 Å². The fourth-order valence-electron chi connectivity index (χ4n) is 4.62. The summed E-state index contributed by atoms with van der Waals surface area (Å²) in [7, 11) is 3.92. The number of fused-ring (bicyclic) bond motifs is 2. The molecule has 6 aromatic rings. The summed E-state index contributed by atoms with van der Waals surface area (Å²) < 4.78 is 20.4. The fourth-order valence-corrected chi connectivity index (χ4v) is 4.62. The van der Waals surface area contributed by atoms with Crippen LogP contribution in [0.25, 0.3) is 56.0 Å². The standard InChI is InChI=1S/C30H30FN9O/c1-17(2)34-21-10-19(13-32-14-21)24-5-6-25-28(35-24)29(39-38-25)30-36-26-16-33-15-23(27(26)37-30)18-9-20(31)12-22(11-18)41-8-7-40(3)4/h5-6,9-17,34H,7-8H2,1-4H3,(H,36,37)(H,38,39). The van der Waals surface area contributed by atoms with Gasteiger partial charge in [0, 0.05) is 48.4 Å². The van der Waals surface area contributed by atoms with Crippen molar-refractivity contribution in [2.75, 3.05) is 32.6 Å². The second-order valence-corrected chi connectivity index (χ2v) is 10.4. The van der Waals surface area contributed by atoms with Gasteiger partial charge < -0.3 is 19.9 Å². The summed E-state index contributed by atoms with van der Waals surface area (Å²) in [5, 5.41) is 10.9. The Morgan fingerprint density at radius 2 is 1.78 bits per heavy atom. The van der Waals surface area contributed by atoms with Gasteiger partial charge in [-0.05, 0) is 63.8 Å². The summed E-state index contributed by atoms with van der Waals surface area (Å²) in [5.74, 6) is 0.580. The van der Waals surface area contributed by atoms with Gasteiger partial charge in [0.2, 0.25) is 0 Å². The van der Waals surface area contributed by atoms with Crippen molar-refractivity contribution in [2.24, 2.45) is 0 Å². The maximum Gasteiger partial charge on any atom is 0.161 e. The number of anilines is 1. The molecule has 0 unspecified atom stereocenters. The zero-order valence-electron chi connectivity index (χ0n) is 23.2. The molecule has 0 saturated heterocycles. The molecule has 1 aromatic carbocycles. The summed E-state index contributed by atoms with van der Waals surface area (Å²) in [6, 6.07) is 10.8. The van der Waals surface area contributed by atoms with Gasteiger partial charge in [0.15, 0.2) is 11.5 Å². The Morgan fingerprint density at radius 1 is 0.927 bits per heavy atom. The Balaban J connectivity index is 1.37. The molecular weight excluding hydrogens is 521 g/mol. The third kappa shape index (κ3) is 5.57. The minimum atomic E-state index is -0.396. The Labute approximate surface area is 236 Å². The number of nitrogens with zero attached hydrogens (tertiary/aromatic N) is 6. The second-order valence-electron chi connectivity index (χ2n) is 10.4. The predicted octanol–water partition coefficient (Wildman–Crippen LogP) is 5.53. The first-order valence-corrected chi connectivity index (χ1v) is 13.3. The van der Waals surface area contributed by atoms with Crippen LogP contribution in [0.15, 0.2) is 61.2 Å². The highest BCUT2D eigenvalue weighted by Crippen LogP contribution is 2.33. The highest BCUT2D eigenvalue weighted by Gasteiger charge is 2.18. The van der Waals surface area contributed by atoms with Crippen molar-refractivity contribution in [3.8, 4) is 39.7 Å². The highest BCUT2D eigenvalue weighted by molar-refractivity contribution is 5.96. The van der Waals surface area contributed by atoms with Crippen molar-refractivity contribution < 1.29 is 9.13 Å². The number of hydrogen-bond acceptors (Lipinski definition) is 8. The third-order valence-corrected chi connectivity index (χ3v) is 6.51. The van der Waals surface area contributed by atoms with Gasteiger partial charge in [0.25, 0.3) is 0 Å². The lowest BCUT2D eigenvalue weighted by molar-refractivity contribution is 0.260. The van der Waals surface area contributed by atoms with Gasteiger partial charge in [-0.15, -0.1) is 0 Å². The Hall–Kier alpha value is -4.90. The SMILES string of the molecule is CC(C)Nc1cncc(-c2ccc3[nH]nc(-c4nc5c(-c6cc(F)cc(OCCN(C)C)c6)cncc5[nH]4)c3n2)c1. The van der Waals surface area contributed by atoms with Crippen molar-refractivity contribution >= 4 is 27.8 Å². The molecule has 0 amide bonds. The van der Waals surface area contributed by atoms with Crippen molar-refractivity contribution in [3.05, 3.63) is 67.0 Å². The zero-order chi connectivity index (χ0) is 28.5. The van der Waals surface area contributed by atoms with Crippen LogP contribution in [0, 0.1) is 5.82 Å². The molecule has 5 aromatic heterocycles. The number of nitrogens with one attached hydrogen (secondary N) is 3. The van der Waals surface area contributed by atoms with E-state index in [1.807, 2.05) is 37.2 Å². The molecule has 0 radical (unpaired) electrons. The number of aromatic nitrogens is 7. The van der Waals surface area contributed by atoms with E-state index in [1.54, 1.807) is 30.9 Å². The number of hydrogen-bond donors (Lipinski definition) is 3. The largest absolute Gasteiger partial charge is 0.492 e. The van der Waals surface area contributed by atoms with E-state index in [4.69, 9.17) is 14.7 Å². The number of rotatable bonds is 9. The molecular formula is C30H30FN9O. The molecule has 0 spiro atoms. The van der Waals surface area contributed by atoms with Crippen LogP contribution in [0.1, 0.15) is 13.8 Å². The quantitative estimate of drug-likeness (QED) is 0.215. The van der Waals surface area contributed by atoms with Crippen LogP contribution in [0.4, 0.5) is 10.1 Å². The summed E-state index contributed by atoms with van der Waals surface area (Å²) >= 11 is 0. The molecule has 5 heterocycles. The molecule has 0 bridgehead atoms. The van der Waals surface area contributed by atoms with E-state index >= 15 is 0 Å². The predicted molar refractivity (Wildman–Crippen MR) is 158 cm³/mol. The molecule has 41 heavy (non-hydrogen) atoms. The van der Waals surface area contributed by atoms with Gasteiger partial charge in [-0.1, -0.05) is 0 Å². The Kier molecular flexibility index (Phi) is 7.02. The minimum absolute atomic E-state index is 0.282. The van der Waals surface area contributed by atoms with E-state index in [-0.39, 0.29) is 6.04 Å². The lowest BCUT2D eigenvalue weighted by Crippen LogP contribution is -2.19. The molecule has 208 valence electrons. The maximum absolute atomic E-state index is 14.6. The molecule has 0 saturated carbocycles. The molecule has 3 N–H and O–H groups in total. The van der Waals surface area contributed by atoms with Crippen LogP contribution >= 0.6 is 0 Å². The van der Waals surface area contributed by atoms with Crippen LogP contribution in [0.5, 0.6) is 5.75 Å². The minimum Gasteiger partial charge on any atom is -0.492 e. The normalized spacial score (nSPS) is 11.7. The molecule has 0 aliphatic carbocycles. The maximum atomic E-state index is 14.6. The third-order valence-electron chi connectivity index (χ3n) is 6.51. The number of H-pyrrole nitrogens is 2. The van der Waals surface area contributed by atoms with Gasteiger partial charge in [-0.2, -0.15) is 5.10 Å². The average Bonchev–Trinajstić information content (AvgIpc) is 3.56. The summed E-state index contributed by atoms with van der Waals surface area (Å²) in [5.41, 5.74) is 7.22. The van der Waals surface area contributed by atoms with Gasteiger partial charge in [-0.3, -0.25) is 15.1 Å². The van der Waals surface area contributed by atoms with Gasteiger partial charge in [0.1, 0.15) is 23.7 Å². The van der Waals surface area contributed by atoms with Crippen molar-refractivity contribution in [1.82, 2.24) is 40.0 Å². The van der Waals surface area contributed by atoms with Gasteiger partial charge in [0.05, 0.1) is 34.1 Å². The zero-order valence-corrected chi connectivity index (χ0v) is 23.2. The molecule has 0 fully saturated rings. The first-order chi connectivity index (χ1) is 19.8. The van der Waals surface area contributed by atoms with Crippen molar-refractivity contribution in [1.29, 1.82) is 0 Å². The molecule has 11 heteroatoms. The van der Waals surface area contributed by atoms with Crippen LogP contribution < -0.4 is 10.1 Å².